The Morgan fingerprint density at radius 3 is 1.88 bits per heavy atom. The molecular formula is C20H16N2O2. The predicted octanol–water partition coefficient (Wildman–Crippen LogP) is 3.11. The Morgan fingerprint density at radius 2 is 1.29 bits per heavy atom. The van der Waals surface area contributed by atoms with Crippen molar-refractivity contribution in [2.45, 2.75) is 6.54 Å². The summed E-state index contributed by atoms with van der Waals surface area (Å²) >= 11 is 0. The topological polar surface area (TPSA) is 51.4 Å². The largest absolute Gasteiger partial charge is 0.346 e. The summed E-state index contributed by atoms with van der Waals surface area (Å²) in [6, 6.07) is 21.5. The molecule has 4 heteroatoms. The molecule has 0 radical (unpaired) electrons. The van der Waals surface area contributed by atoms with E-state index in [0.29, 0.717) is 16.5 Å². The average Bonchev–Trinajstić information content (AvgIpc) is 2.65. The van der Waals surface area contributed by atoms with Gasteiger partial charge in [-0.15, -0.1) is 0 Å². The molecule has 1 heterocycles. The van der Waals surface area contributed by atoms with Crippen molar-refractivity contribution in [2.24, 2.45) is 4.99 Å². The van der Waals surface area contributed by atoms with Crippen molar-refractivity contribution in [3.05, 3.63) is 102 Å². The van der Waals surface area contributed by atoms with Crippen LogP contribution in [0.15, 0.2) is 90.2 Å². The Labute approximate surface area is 139 Å². The number of Topliss-reactive ketones (excluding diaryl/α,β-unsaturated/α-hetero) is 1. The number of hydrogen-bond donors (Lipinski definition) is 0. The van der Waals surface area contributed by atoms with Gasteiger partial charge in [0, 0.05) is 23.5 Å². The summed E-state index contributed by atoms with van der Waals surface area (Å²) in [6.07, 6.45) is 3.50. The Bertz CT molecular complexity index is 893. The molecular weight excluding hydrogens is 300 g/mol. The zero-order valence-corrected chi connectivity index (χ0v) is 13.0. The lowest BCUT2D eigenvalue weighted by Gasteiger charge is -2.05. The molecule has 2 aromatic carbocycles. The lowest BCUT2D eigenvalue weighted by atomic mass is 10.1. The van der Waals surface area contributed by atoms with Crippen LogP contribution >= 0.6 is 0 Å². The number of amides is 1. The van der Waals surface area contributed by atoms with Crippen LogP contribution in [0.1, 0.15) is 20.7 Å². The SMILES string of the molecule is O=C(Cn1ccc(=NC(=O)c2ccccc2)cc1)c1ccccc1. The minimum absolute atomic E-state index is 0.0330. The Hall–Kier alpha value is -3.27. The fraction of sp³-hybridized carbons (Fsp3) is 0.0500. The molecule has 1 aromatic heterocycles. The Balaban J connectivity index is 1.73. The van der Waals surface area contributed by atoms with Crippen molar-refractivity contribution in [1.82, 2.24) is 4.57 Å². The van der Waals surface area contributed by atoms with Crippen molar-refractivity contribution in [1.29, 1.82) is 0 Å². The summed E-state index contributed by atoms with van der Waals surface area (Å²) in [5, 5.41) is 0.562. The predicted molar refractivity (Wildman–Crippen MR) is 91.5 cm³/mol. The van der Waals surface area contributed by atoms with E-state index in [-0.39, 0.29) is 18.2 Å². The molecule has 118 valence electrons. The molecule has 0 spiro atoms. The van der Waals surface area contributed by atoms with Gasteiger partial charge in [-0.2, -0.15) is 0 Å². The fourth-order valence-corrected chi connectivity index (χ4v) is 2.27. The standard InChI is InChI=1S/C20H16N2O2/c23-19(16-7-3-1-4-8-16)15-22-13-11-18(12-14-22)21-20(24)17-9-5-2-6-10-17/h1-14H,15H2. The number of carbonyl (C=O) groups excluding carboxylic acids is 2. The number of aromatic nitrogens is 1. The van der Waals surface area contributed by atoms with E-state index in [0.717, 1.165) is 0 Å². The van der Waals surface area contributed by atoms with E-state index in [2.05, 4.69) is 4.99 Å². The highest BCUT2D eigenvalue weighted by Gasteiger charge is 2.05. The maximum absolute atomic E-state index is 12.2. The number of pyridine rings is 1. The third kappa shape index (κ3) is 3.93. The third-order valence-corrected chi connectivity index (χ3v) is 3.55. The van der Waals surface area contributed by atoms with Crippen molar-refractivity contribution in [3.8, 4) is 0 Å². The van der Waals surface area contributed by atoms with E-state index in [1.165, 1.54) is 0 Å². The van der Waals surface area contributed by atoms with Gasteiger partial charge in [0.1, 0.15) is 0 Å². The summed E-state index contributed by atoms with van der Waals surface area (Å²) in [6.45, 7) is 0.247. The monoisotopic (exact) mass is 316 g/mol. The van der Waals surface area contributed by atoms with E-state index in [9.17, 15) is 9.59 Å². The van der Waals surface area contributed by atoms with Gasteiger partial charge >= 0.3 is 0 Å². The molecule has 1 amide bonds. The third-order valence-electron chi connectivity index (χ3n) is 3.55. The molecule has 3 rings (SSSR count). The van der Waals surface area contributed by atoms with Crippen LogP contribution in [0.2, 0.25) is 0 Å². The second-order valence-electron chi connectivity index (χ2n) is 5.30. The van der Waals surface area contributed by atoms with E-state index in [1.54, 1.807) is 65.5 Å². The van der Waals surface area contributed by atoms with Crippen molar-refractivity contribution in [3.63, 3.8) is 0 Å². The maximum Gasteiger partial charge on any atom is 0.277 e. The molecule has 24 heavy (non-hydrogen) atoms. The Kier molecular flexibility index (Phi) is 4.77. The van der Waals surface area contributed by atoms with Crippen LogP contribution in [0.5, 0.6) is 0 Å². The van der Waals surface area contributed by atoms with Gasteiger partial charge in [0.15, 0.2) is 5.78 Å². The van der Waals surface area contributed by atoms with Gasteiger partial charge in [-0.3, -0.25) is 9.59 Å². The molecule has 0 saturated carbocycles. The lowest BCUT2D eigenvalue weighted by Crippen LogP contribution is -2.13. The van der Waals surface area contributed by atoms with Gasteiger partial charge in [0.2, 0.25) is 0 Å². The highest BCUT2D eigenvalue weighted by atomic mass is 16.1. The number of rotatable bonds is 4. The van der Waals surface area contributed by atoms with Crippen molar-refractivity contribution >= 4 is 11.7 Å². The molecule has 0 aliphatic carbocycles. The fourth-order valence-electron chi connectivity index (χ4n) is 2.27. The second-order valence-corrected chi connectivity index (χ2v) is 5.30. The van der Waals surface area contributed by atoms with Gasteiger partial charge in [-0.05, 0) is 24.3 Å². The van der Waals surface area contributed by atoms with Crippen LogP contribution < -0.4 is 5.36 Å². The van der Waals surface area contributed by atoms with E-state index >= 15 is 0 Å². The molecule has 0 bridgehead atoms. The minimum Gasteiger partial charge on any atom is -0.346 e. The zero-order valence-electron chi connectivity index (χ0n) is 13.0. The van der Waals surface area contributed by atoms with Gasteiger partial charge < -0.3 is 4.57 Å². The molecule has 0 N–H and O–H groups in total. The first kappa shape index (κ1) is 15.6. The van der Waals surface area contributed by atoms with Gasteiger partial charge in [0.25, 0.3) is 5.91 Å². The summed E-state index contributed by atoms with van der Waals surface area (Å²) in [5.41, 5.74) is 1.23. The van der Waals surface area contributed by atoms with Crippen LogP contribution in [0.3, 0.4) is 0 Å². The van der Waals surface area contributed by atoms with Gasteiger partial charge in [0.05, 0.1) is 11.9 Å². The number of carbonyl (C=O) groups is 2. The quantitative estimate of drug-likeness (QED) is 0.694. The number of ketones is 1. The molecule has 0 aliphatic rings. The summed E-state index contributed by atoms with van der Waals surface area (Å²) < 4.78 is 1.77. The van der Waals surface area contributed by atoms with E-state index in [1.807, 2.05) is 24.3 Å². The molecule has 0 unspecified atom stereocenters. The number of hydrogen-bond acceptors (Lipinski definition) is 2. The minimum atomic E-state index is -0.284. The number of benzene rings is 2. The summed E-state index contributed by atoms with van der Waals surface area (Å²) in [5.74, 6) is -0.251. The summed E-state index contributed by atoms with van der Waals surface area (Å²) in [7, 11) is 0. The highest BCUT2D eigenvalue weighted by molar-refractivity contribution is 5.96. The lowest BCUT2D eigenvalue weighted by molar-refractivity contribution is 0.0969. The van der Waals surface area contributed by atoms with Gasteiger partial charge in [-0.1, -0.05) is 48.5 Å². The normalized spacial score (nSPS) is 10.2. The van der Waals surface area contributed by atoms with Crippen molar-refractivity contribution < 1.29 is 9.59 Å². The van der Waals surface area contributed by atoms with Crippen LogP contribution in [0.25, 0.3) is 0 Å². The number of nitrogens with zero attached hydrogens (tertiary/aromatic N) is 2. The first-order chi connectivity index (χ1) is 11.7. The van der Waals surface area contributed by atoms with E-state index in [4.69, 9.17) is 0 Å². The molecule has 0 atom stereocenters. The smallest absolute Gasteiger partial charge is 0.277 e. The maximum atomic E-state index is 12.2. The van der Waals surface area contributed by atoms with Crippen LogP contribution in [-0.2, 0) is 6.54 Å². The molecule has 0 aliphatic heterocycles. The summed E-state index contributed by atoms with van der Waals surface area (Å²) in [4.78, 5) is 28.3. The highest BCUT2D eigenvalue weighted by Crippen LogP contribution is 2.02. The van der Waals surface area contributed by atoms with Crippen LogP contribution in [-0.4, -0.2) is 16.3 Å². The van der Waals surface area contributed by atoms with Crippen LogP contribution in [0, 0.1) is 0 Å². The Morgan fingerprint density at radius 1 is 0.750 bits per heavy atom. The molecule has 3 aromatic rings. The molecule has 0 fully saturated rings. The molecule has 4 nitrogen and oxygen atoms in total. The first-order valence-corrected chi connectivity index (χ1v) is 7.61. The zero-order chi connectivity index (χ0) is 16.8. The van der Waals surface area contributed by atoms with E-state index < -0.39 is 0 Å². The van der Waals surface area contributed by atoms with Crippen LogP contribution in [0.4, 0.5) is 0 Å². The average molecular weight is 316 g/mol. The molecule has 0 saturated heterocycles. The second kappa shape index (κ2) is 7.33. The van der Waals surface area contributed by atoms with Crippen molar-refractivity contribution in [2.75, 3.05) is 0 Å². The van der Waals surface area contributed by atoms with Gasteiger partial charge in [-0.25, -0.2) is 4.99 Å². The first-order valence-electron chi connectivity index (χ1n) is 7.61.